The summed E-state index contributed by atoms with van der Waals surface area (Å²) in [6, 6.07) is 1.81. The lowest BCUT2D eigenvalue weighted by molar-refractivity contribution is -0.148. The number of aromatic nitrogens is 2. The van der Waals surface area contributed by atoms with E-state index in [9.17, 15) is 9.90 Å². The number of hydrogen-bond acceptors (Lipinski definition) is 3. The van der Waals surface area contributed by atoms with E-state index in [1.807, 2.05) is 19.2 Å². The monoisotopic (exact) mass is 224 g/mol. The van der Waals surface area contributed by atoms with Crippen LogP contribution in [0.15, 0.2) is 12.3 Å². The highest BCUT2D eigenvalue weighted by atomic mass is 16.5. The number of aliphatic carboxylic acids is 1. The Labute approximate surface area is 94.0 Å². The van der Waals surface area contributed by atoms with Gasteiger partial charge in [0.2, 0.25) is 0 Å². The van der Waals surface area contributed by atoms with Gasteiger partial charge in [-0.1, -0.05) is 0 Å². The molecule has 2 rings (SSSR count). The smallest absolute Gasteiger partial charge is 0.315 e. The van der Waals surface area contributed by atoms with Crippen molar-refractivity contribution in [2.45, 2.75) is 31.7 Å². The van der Waals surface area contributed by atoms with Gasteiger partial charge in [-0.25, -0.2) is 0 Å². The second-order valence-corrected chi connectivity index (χ2v) is 4.06. The quantitative estimate of drug-likeness (QED) is 0.833. The van der Waals surface area contributed by atoms with Crippen molar-refractivity contribution in [1.29, 1.82) is 0 Å². The van der Waals surface area contributed by atoms with Gasteiger partial charge in [0.05, 0.1) is 5.69 Å². The fraction of sp³-hybridized carbons (Fsp3) is 0.636. The zero-order chi connectivity index (χ0) is 11.6. The van der Waals surface area contributed by atoms with Gasteiger partial charge >= 0.3 is 5.97 Å². The molecule has 1 aliphatic rings. The number of ether oxygens (including phenoxy) is 1. The second-order valence-electron chi connectivity index (χ2n) is 4.06. The Morgan fingerprint density at radius 2 is 2.31 bits per heavy atom. The molecule has 0 atom stereocenters. The number of nitrogens with zero attached hydrogens (tertiary/aromatic N) is 2. The fourth-order valence-corrected chi connectivity index (χ4v) is 2.09. The van der Waals surface area contributed by atoms with Gasteiger partial charge in [-0.2, -0.15) is 5.10 Å². The summed E-state index contributed by atoms with van der Waals surface area (Å²) in [4.78, 5) is 11.5. The van der Waals surface area contributed by atoms with E-state index >= 15 is 0 Å². The van der Waals surface area contributed by atoms with Gasteiger partial charge < -0.3 is 9.84 Å². The molecule has 2 heterocycles. The normalized spacial score (nSPS) is 19.6. The molecule has 1 N–H and O–H groups in total. The minimum absolute atomic E-state index is 0.491. The molecule has 0 amide bonds. The molecule has 0 bridgehead atoms. The van der Waals surface area contributed by atoms with E-state index in [4.69, 9.17) is 4.74 Å². The molecule has 1 aliphatic heterocycles. The Kier molecular flexibility index (Phi) is 2.96. The largest absolute Gasteiger partial charge is 0.481 e. The van der Waals surface area contributed by atoms with Crippen molar-refractivity contribution in [3.8, 4) is 0 Å². The summed E-state index contributed by atoms with van der Waals surface area (Å²) >= 11 is 0. The van der Waals surface area contributed by atoms with Crippen molar-refractivity contribution >= 4 is 5.97 Å². The van der Waals surface area contributed by atoms with Crippen LogP contribution < -0.4 is 0 Å². The third-order valence-corrected chi connectivity index (χ3v) is 3.21. The van der Waals surface area contributed by atoms with Gasteiger partial charge in [0.1, 0.15) is 5.41 Å². The van der Waals surface area contributed by atoms with E-state index in [1.165, 1.54) is 0 Å². The van der Waals surface area contributed by atoms with Crippen LogP contribution in [-0.2, 0) is 21.5 Å². The Balaban J connectivity index is 2.34. The highest BCUT2D eigenvalue weighted by Crippen LogP contribution is 2.33. The van der Waals surface area contributed by atoms with Crippen LogP contribution in [0, 0.1) is 0 Å². The van der Waals surface area contributed by atoms with Gasteiger partial charge in [0.15, 0.2) is 0 Å². The van der Waals surface area contributed by atoms with Crippen molar-refractivity contribution in [2.75, 3.05) is 13.2 Å². The van der Waals surface area contributed by atoms with E-state index in [2.05, 4.69) is 5.10 Å². The molecule has 88 valence electrons. The Bertz CT molecular complexity index is 380. The lowest BCUT2D eigenvalue weighted by Gasteiger charge is -2.31. The predicted molar refractivity (Wildman–Crippen MR) is 57.3 cm³/mol. The minimum Gasteiger partial charge on any atom is -0.481 e. The molecule has 1 aromatic heterocycles. The maximum Gasteiger partial charge on any atom is 0.315 e. The molecule has 0 aromatic carbocycles. The number of hydrogen-bond donors (Lipinski definition) is 1. The third-order valence-electron chi connectivity index (χ3n) is 3.21. The summed E-state index contributed by atoms with van der Waals surface area (Å²) in [7, 11) is 0. The number of carboxylic acids is 1. The van der Waals surface area contributed by atoms with Crippen molar-refractivity contribution < 1.29 is 14.6 Å². The highest BCUT2D eigenvalue weighted by molar-refractivity contribution is 5.80. The molecular weight excluding hydrogens is 208 g/mol. The molecule has 5 heteroatoms. The van der Waals surface area contributed by atoms with E-state index < -0.39 is 11.4 Å². The average Bonchev–Trinajstić information content (AvgIpc) is 2.78. The Hall–Kier alpha value is -1.36. The summed E-state index contributed by atoms with van der Waals surface area (Å²) in [5, 5.41) is 13.7. The summed E-state index contributed by atoms with van der Waals surface area (Å²) < 4.78 is 6.99. The van der Waals surface area contributed by atoms with Crippen LogP contribution in [0.1, 0.15) is 25.5 Å². The topological polar surface area (TPSA) is 64.4 Å². The van der Waals surface area contributed by atoms with Crippen molar-refractivity contribution in [2.24, 2.45) is 0 Å². The number of aryl methyl sites for hydroxylation is 1. The standard InChI is InChI=1S/C11H16N2O3/c1-2-13-6-3-9(12-13)11(10(14)15)4-7-16-8-5-11/h3,6H,2,4-5,7-8H2,1H3,(H,14,15). The van der Waals surface area contributed by atoms with Gasteiger partial charge in [-0.15, -0.1) is 0 Å². The summed E-state index contributed by atoms with van der Waals surface area (Å²) in [6.07, 6.45) is 2.83. The van der Waals surface area contributed by atoms with Crippen LogP contribution in [0.3, 0.4) is 0 Å². The first-order valence-electron chi connectivity index (χ1n) is 5.54. The summed E-state index contributed by atoms with van der Waals surface area (Å²) in [6.45, 7) is 3.72. The third kappa shape index (κ3) is 1.71. The molecule has 5 nitrogen and oxygen atoms in total. The van der Waals surface area contributed by atoms with Crippen molar-refractivity contribution in [3.05, 3.63) is 18.0 Å². The zero-order valence-corrected chi connectivity index (χ0v) is 9.35. The maximum atomic E-state index is 11.5. The number of rotatable bonds is 3. The van der Waals surface area contributed by atoms with Crippen LogP contribution in [0.4, 0.5) is 0 Å². The summed E-state index contributed by atoms with van der Waals surface area (Å²) in [5.74, 6) is -0.794. The lowest BCUT2D eigenvalue weighted by atomic mass is 9.77. The van der Waals surface area contributed by atoms with E-state index in [0.29, 0.717) is 31.7 Å². The van der Waals surface area contributed by atoms with Gasteiger partial charge in [0, 0.05) is 26.0 Å². The van der Waals surface area contributed by atoms with Gasteiger partial charge in [-0.3, -0.25) is 9.48 Å². The van der Waals surface area contributed by atoms with Crippen LogP contribution in [-0.4, -0.2) is 34.1 Å². The van der Waals surface area contributed by atoms with Crippen LogP contribution >= 0.6 is 0 Å². The highest BCUT2D eigenvalue weighted by Gasteiger charge is 2.43. The Morgan fingerprint density at radius 1 is 1.62 bits per heavy atom. The van der Waals surface area contributed by atoms with E-state index in [0.717, 1.165) is 6.54 Å². The number of carbonyl (C=O) groups is 1. The Morgan fingerprint density at radius 3 is 2.81 bits per heavy atom. The molecule has 1 saturated heterocycles. The fourth-order valence-electron chi connectivity index (χ4n) is 2.09. The van der Waals surface area contributed by atoms with E-state index in [-0.39, 0.29) is 0 Å². The van der Waals surface area contributed by atoms with Gasteiger partial charge in [-0.05, 0) is 25.8 Å². The van der Waals surface area contributed by atoms with Crippen molar-refractivity contribution in [3.63, 3.8) is 0 Å². The molecule has 1 fully saturated rings. The molecule has 0 aliphatic carbocycles. The molecule has 0 unspecified atom stereocenters. The first-order valence-corrected chi connectivity index (χ1v) is 5.54. The molecule has 1 aromatic rings. The molecule has 0 spiro atoms. The van der Waals surface area contributed by atoms with E-state index in [1.54, 1.807) is 4.68 Å². The van der Waals surface area contributed by atoms with Crippen molar-refractivity contribution in [1.82, 2.24) is 9.78 Å². The molecular formula is C11H16N2O3. The SMILES string of the molecule is CCn1ccc(C2(C(=O)O)CCOCC2)n1. The first kappa shape index (κ1) is 11.1. The minimum atomic E-state index is -0.849. The molecule has 0 radical (unpaired) electrons. The molecule has 0 saturated carbocycles. The predicted octanol–water partition coefficient (Wildman–Crippen LogP) is 1.04. The van der Waals surface area contributed by atoms with Crippen LogP contribution in [0.5, 0.6) is 0 Å². The van der Waals surface area contributed by atoms with Gasteiger partial charge in [0.25, 0.3) is 0 Å². The van der Waals surface area contributed by atoms with Crippen LogP contribution in [0.25, 0.3) is 0 Å². The lowest BCUT2D eigenvalue weighted by Crippen LogP contribution is -2.41. The number of carboxylic acid groups (broad SMARTS) is 1. The zero-order valence-electron chi connectivity index (χ0n) is 9.35. The summed E-state index contributed by atoms with van der Waals surface area (Å²) in [5.41, 5.74) is -0.191. The average molecular weight is 224 g/mol. The second kappa shape index (κ2) is 4.25. The van der Waals surface area contributed by atoms with Crippen LogP contribution in [0.2, 0.25) is 0 Å². The molecule has 16 heavy (non-hydrogen) atoms. The first-order chi connectivity index (χ1) is 7.69. The maximum absolute atomic E-state index is 11.5.